The summed E-state index contributed by atoms with van der Waals surface area (Å²) in [6.07, 6.45) is 3.28. The highest BCUT2D eigenvalue weighted by molar-refractivity contribution is 6.00. The van der Waals surface area contributed by atoms with Gasteiger partial charge in [-0.05, 0) is 11.6 Å². The van der Waals surface area contributed by atoms with Crippen molar-refractivity contribution in [3.63, 3.8) is 0 Å². The second kappa shape index (κ2) is 7.10. The number of amides is 1. The van der Waals surface area contributed by atoms with Gasteiger partial charge in [-0.3, -0.25) is 4.79 Å². The summed E-state index contributed by atoms with van der Waals surface area (Å²) in [5, 5.41) is 0. The molecule has 0 aliphatic rings. The fraction of sp³-hybridized carbons (Fsp3) is 0.214. The van der Waals surface area contributed by atoms with Gasteiger partial charge in [-0.2, -0.15) is 0 Å². The molecule has 0 N–H and O–H groups in total. The van der Waals surface area contributed by atoms with Crippen LogP contribution in [0.1, 0.15) is 5.56 Å². The van der Waals surface area contributed by atoms with Gasteiger partial charge in [-0.1, -0.05) is 30.3 Å². The molecule has 1 aromatic rings. The summed E-state index contributed by atoms with van der Waals surface area (Å²) < 4.78 is 4.45. The summed E-state index contributed by atoms with van der Waals surface area (Å²) in [5.41, 5.74) is 0.852. The predicted molar refractivity (Wildman–Crippen MR) is 70.1 cm³/mol. The summed E-state index contributed by atoms with van der Waals surface area (Å²) in [6, 6.07) is 8.00. The number of carbonyl (C=O) groups excluding carboxylic acids is 3. The molecule has 1 amide bonds. The Morgan fingerprint density at radius 3 is 2.42 bits per heavy atom. The first-order valence-electron chi connectivity index (χ1n) is 5.63. The zero-order chi connectivity index (χ0) is 14.3. The van der Waals surface area contributed by atoms with Crippen LogP contribution in [0, 0.1) is 0 Å². The summed E-state index contributed by atoms with van der Waals surface area (Å²) in [7, 11) is 2.53. The number of likely N-dealkylation sites (N-methyl/N-ethyl adjacent to an activating group) is 1. The van der Waals surface area contributed by atoms with Gasteiger partial charge >= 0.3 is 5.97 Å². The summed E-state index contributed by atoms with van der Waals surface area (Å²) >= 11 is 0. The van der Waals surface area contributed by atoms with Crippen molar-refractivity contribution in [1.29, 1.82) is 0 Å². The molecule has 1 aromatic carbocycles. The van der Waals surface area contributed by atoms with Crippen LogP contribution in [0.25, 0.3) is 6.08 Å². The molecule has 100 valence electrons. The average molecular weight is 261 g/mol. The number of aldehydes is 1. The van der Waals surface area contributed by atoms with E-state index < -0.39 is 17.9 Å². The van der Waals surface area contributed by atoms with Gasteiger partial charge in [0.1, 0.15) is 0 Å². The van der Waals surface area contributed by atoms with E-state index in [4.69, 9.17) is 0 Å². The molecule has 0 spiro atoms. The molecule has 0 aliphatic heterocycles. The molecular formula is C14H15NO4. The van der Waals surface area contributed by atoms with Gasteiger partial charge < -0.3 is 14.4 Å². The van der Waals surface area contributed by atoms with Gasteiger partial charge in [-0.15, -0.1) is 0 Å². The number of hydrogen-bond acceptors (Lipinski definition) is 4. The van der Waals surface area contributed by atoms with Crippen molar-refractivity contribution in [2.75, 3.05) is 14.2 Å². The topological polar surface area (TPSA) is 63.7 Å². The molecule has 1 unspecified atom stereocenters. The lowest BCUT2D eigenvalue weighted by molar-refractivity contribution is -0.151. The average Bonchev–Trinajstić information content (AvgIpc) is 2.46. The molecule has 1 rings (SSSR count). The first-order valence-corrected chi connectivity index (χ1v) is 5.63. The highest BCUT2D eigenvalue weighted by Gasteiger charge is 2.25. The van der Waals surface area contributed by atoms with Crippen molar-refractivity contribution in [3.8, 4) is 0 Å². The van der Waals surface area contributed by atoms with Crippen LogP contribution >= 0.6 is 0 Å². The van der Waals surface area contributed by atoms with E-state index in [-0.39, 0.29) is 0 Å². The third-order valence-electron chi connectivity index (χ3n) is 2.55. The summed E-state index contributed by atoms with van der Waals surface area (Å²) in [4.78, 5) is 34.9. The minimum absolute atomic E-state index is 0.375. The molecule has 0 heterocycles. The third-order valence-corrected chi connectivity index (χ3v) is 2.55. The van der Waals surface area contributed by atoms with E-state index >= 15 is 0 Å². The smallest absolute Gasteiger partial charge is 0.336 e. The molecule has 0 aromatic heterocycles. The fourth-order valence-corrected chi connectivity index (χ4v) is 1.41. The quantitative estimate of drug-likeness (QED) is 0.342. The Bertz CT molecular complexity index is 481. The Morgan fingerprint density at radius 1 is 1.26 bits per heavy atom. The van der Waals surface area contributed by atoms with E-state index in [1.165, 1.54) is 13.1 Å². The van der Waals surface area contributed by atoms with Crippen LogP contribution in [-0.2, 0) is 19.1 Å². The van der Waals surface area contributed by atoms with Crippen LogP contribution in [0.4, 0.5) is 0 Å². The van der Waals surface area contributed by atoms with E-state index in [9.17, 15) is 14.4 Å². The molecule has 0 saturated carbocycles. The molecule has 0 bridgehead atoms. The van der Waals surface area contributed by atoms with Crippen LogP contribution in [0.15, 0.2) is 36.4 Å². The number of rotatable bonds is 5. The van der Waals surface area contributed by atoms with E-state index in [0.29, 0.717) is 6.29 Å². The van der Waals surface area contributed by atoms with Crippen molar-refractivity contribution < 1.29 is 19.1 Å². The van der Waals surface area contributed by atoms with Gasteiger partial charge in [0.15, 0.2) is 12.3 Å². The molecular weight excluding hydrogens is 246 g/mol. The number of ether oxygens (including phenoxy) is 1. The SMILES string of the molecule is COC(=O)C(C=O)N(C)C(=O)C=Cc1ccccc1. The fourth-order valence-electron chi connectivity index (χ4n) is 1.41. The minimum Gasteiger partial charge on any atom is -0.467 e. The van der Waals surface area contributed by atoms with Gasteiger partial charge in [-0.25, -0.2) is 4.79 Å². The van der Waals surface area contributed by atoms with Crippen LogP contribution in [-0.4, -0.2) is 43.3 Å². The van der Waals surface area contributed by atoms with Crippen LogP contribution in [0.5, 0.6) is 0 Å². The van der Waals surface area contributed by atoms with Crippen molar-refractivity contribution in [1.82, 2.24) is 4.90 Å². The van der Waals surface area contributed by atoms with Crippen LogP contribution in [0.3, 0.4) is 0 Å². The Balaban J connectivity index is 2.74. The molecule has 0 saturated heterocycles. The predicted octanol–water partition coefficient (Wildman–Crippen LogP) is 0.899. The Hall–Kier alpha value is -2.43. The molecule has 5 nitrogen and oxygen atoms in total. The number of nitrogens with zero attached hydrogens (tertiary/aromatic N) is 1. The lowest BCUT2D eigenvalue weighted by atomic mass is 10.2. The minimum atomic E-state index is -1.22. The largest absolute Gasteiger partial charge is 0.467 e. The van der Waals surface area contributed by atoms with Crippen LogP contribution in [0.2, 0.25) is 0 Å². The zero-order valence-corrected chi connectivity index (χ0v) is 10.8. The number of methoxy groups -OCH3 is 1. The Morgan fingerprint density at radius 2 is 1.89 bits per heavy atom. The zero-order valence-electron chi connectivity index (χ0n) is 10.8. The Labute approximate surface area is 111 Å². The summed E-state index contributed by atoms with van der Waals surface area (Å²) in [6.45, 7) is 0. The number of hydrogen-bond donors (Lipinski definition) is 0. The molecule has 19 heavy (non-hydrogen) atoms. The molecule has 0 aliphatic carbocycles. The Kier molecular flexibility index (Phi) is 5.47. The number of esters is 1. The lowest BCUT2D eigenvalue weighted by Crippen LogP contribution is -2.43. The van der Waals surface area contributed by atoms with Gasteiger partial charge in [0, 0.05) is 13.1 Å². The first-order chi connectivity index (χ1) is 9.10. The summed E-state index contributed by atoms with van der Waals surface area (Å²) in [5.74, 6) is -1.22. The van der Waals surface area contributed by atoms with Crippen molar-refractivity contribution in [3.05, 3.63) is 42.0 Å². The standard InChI is InChI=1S/C14H15NO4/c1-15(12(10-16)14(18)19-2)13(17)9-8-11-6-4-3-5-7-11/h3-10,12H,1-2H3. The van der Waals surface area contributed by atoms with Crippen molar-refractivity contribution in [2.24, 2.45) is 0 Å². The number of benzene rings is 1. The highest BCUT2D eigenvalue weighted by atomic mass is 16.5. The molecule has 1 atom stereocenters. The molecule has 5 heteroatoms. The third kappa shape index (κ3) is 4.06. The van der Waals surface area contributed by atoms with E-state index in [1.807, 2.05) is 30.3 Å². The lowest BCUT2D eigenvalue weighted by Gasteiger charge is -2.19. The van der Waals surface area contributed by atoms with Gasteiger partial charge in [0.25, 0.3) is 0 Å². The monoisotopic (exact) mass is 261 g/mol. The van der Waals surface area contributed by atoms with Crippen LogP contribution < -0.4 is 0 Å². The first kappa shape index (κ1) is 14.6. The molecule has 0 fully saturated rings. The maximum atomic E-state index is 11.8. The van der Waals surface area contributed by atoms with Gasteiger partial charge in [0.2, 0.25) is 5.91 Å². The number of carbonyl (C=O) groups is 3. The van der Waals surface area contributed by atoms with E-state index in [1.54, 1.807) is 6.08 Å². The van der Waals surface area contributed by atoms with Gasteiger partial charge in [0.05, 0.1) is 7.11 Å². The second-order valence-electron chi connectivity index (χ2n) is 3.80. The van der Waals surface area contributed by atoms with Crippen molar-refractivity contribution >= 4 is 24.2 Å². The second-order valence-corrected chi connectivity index (χ2v) is 3.80. The maximum Gasteiger partial charge on any atom is 0.336 e. The van der Waals surface area contributed by atoms with Crippen molar-refractivity contribution in [2.45, 2.75) is 6.04 Å². The van der Waals surface area contributed by atoms with E-state index in [2.05, 4.69) is 4.74 Å². The molecule has 0 radical (unpaired) electrons. The highest BCUT2D eigenvalue weighted by Crippen LogP contribution is 2.03. The normalized spacial score (nSPS) is 11.9. The maximum absolute atomic E-state index is 11.8. The van der Waals surface area contributed by atoms with E-state index in [0.717, 1.165) is 17.6 Å².